The first-order chi connectivity index (χ1) is 16.9. The summed E-state index contributed by atoms with van der Waals surface area (Å²) in [4.78, 5) is 27.1. The number of hydrogen-bond donors (Lipinski definition) is 0. The van der Waals surface area contributed by atoms with Crippen LogP contribution >= 0.6 is 57.6 Å². The highest BCUT2D eigenvalue weighted by Gasteiger charge is 2.35. The summed E-state index contributed by atoms with van der Waals surface area (Å²) in [6, 6.07) is 18.3. The molecular formula is C26H20Cl2INO4S. The minimum atomic E-state index is -0.355. The second kappa shape index (κ2) is 11.7. The van der Waals surface area contributed by atoms with Gasteiger partial charge < -0.3 is 9.47 Å². The zero-order chi connectivity index (χ0) is 24.9. The van der Waals surface area contributed by atoms with Crippen LogP contribution in [-0.4, -0.2) is 22.7 Å². The molecule has 1 saturated heterocycles. The number of nitrogens with zero attached hydrogens (tertiary/aromatic N) is 1. The summed E-state index contributed by atoms with van der Waals surface area (Å²) in [5.41, 5.74) is 2.31. The van der Waals surface area contributed by atoms with Crippen LogP contribution in [0.5, 0.6) is 11.5 Å². The lowest BCUT2D eigenvalue weighted by Crippen LogP contribution is -2.27. The van der Waals surface area contributed by atoms with E-state index in [2.05, 4.69) is 22.6 Å². The van der Waals surface area contributed by atoms with E-state index in [0.717, 1.165) is 26.5 Å². The molecule has 0 bridgehead atoms. The van der Waals surface area contributed by atoms with Gasteiger partial charge in [-0.2, -0.15) is 0 Å². The topological polar surface area (TPSA) is 55.8 Å². The third-order valence-electron chi connectivity index (χ3n) is 5.12. The van der Waals surface area contributed by atoms with Crippen molar-refractivity contribution < 1.29 is 19.1 Å². The van der Waals surface area contributed by atoms with Crippen LogP contribution in [0, 0.1) is 3.57 Å². The molecule has 0 aromatic heterocycles. The third kappa shape index (κ3) is 6.14. The molecule has 0 spiro atoms. The van der Waals surface area contributed by atoms with Crippen LogP contribution in [0.15, 0.2) is 65.6 Å². The van der Waals surface area contributed by atoms with Crippen molar-refractivity contribution in [2.75, 3.05) is 6.61 Å². The van der Waals surface area contributed by atoms with Gasteiger partial charge in [0.25, 0.3) is 11.1 Å². The Kier molecular flexibility index (Phi) is 8.64. The van der Waals surface area contributed by atoms with Gasteiger partial charge in [0.2, 0.25) is 0 Å². The lowest BCUT2D eigenvalue weighted by Gasteiger charge is -2.15. The van der Waals surface area contributed by atoms with Crippen LogP contribution in [0.2, 0.25) is 10.0 Å². The Hall–Kier alpha value is -2.20. The molecule has 1 fully saturated rings. The fourth-order valence-electron chi connectivity index (χ4n) is 3.42. The van der Waals surface area contributed by atoms with Gasteiger partial charge in [-0.1, -0.05) is 59.6 Å². The summed E-state index contributed by atoms with van der Waals surface area (Å²) in [5.74, 6) is 0.788. The quantitative estimate of drug-likeness (QED) is 0.186. The summed E-state index contributed by atoms with van der Waals surface area (Å²) in [6.45, 7) is 2.74. The van der Waals surface area contributed by atoms with Crippen molar-refractivity contribution in [2.45, 2.75) is 20.1 Å². The van der Waals surface area contributed by atoms with Gasteiger partial charge in [-0.25, -0.2) is 0 Å². The normalized spacial score (nSPS) is 14.6. The van der Waals surface area contributed by atoms with Crippen molar-refractivity contribution >= 4 is 74.8 Å². The SMILES string of the molecule is CCOc1cc(/C=C2\SC(=O)N(Cc3ccccc3Cl)C2=O)cc(I)c1OCc1ccccc1Cl. The summed E-state index contributed by atoms with van der Waals surface area (Å²) in [6.07, 6.45) is 1.69. The summed E-state index contributed by atoms with van der Waals surface area (Å²) < 4.78 is 12.7. The number of carbonyl (C=O) groups is 2. The Labute approximate surface area is 231 Å². The van der Waals surface area contributed by atoms with E-state index in [1.165, 1.54) is 4.90 Å². The molecule has 0 aliphatic carbocycles. The Morgan fingerprint density at radius 2 is 1.63 bits per heavy atom. The molecule has 1 aliphatic rings. The Morgan fingerprint density at radius 3 is 2.29 bits per heavy atom. The van der Waals surface area contributed by atoms with E-state index in [0.29, 0.717) is 38.6 Å². The van der Waals surface area contributed by atoms with E-state index in [4.69, 9.17) is 32.7 Å². The molecule has 35 heavy (non-hydrogen) atoms. The lowest BCUT2D eigenvalue weighted by molar-refractivity contribution is -0.123. The molecule has 9 heteroatoms. The standard InChI is InChI=1S/C26H20Cl2INO4S/c1-2-33-22-12-16(11-21(29)24(22)34-15-18-8-4-6-10-20(18)28)13-23-25(31)30(26(32)35-23)14-17-7-3-5-9-19(17)27/h3-13H,2,14-15H2,1H3/b23-13-. The maximum absolute atomic E-state index is 13.0. The number of ether oxygens (including phenoxy) is 2. The lowest BCUT2D eigenvalue weighted by atomic mass is 10.1. The minimum absolute atomic E-state index is 0.123. The molecule has 0 unspecified atom stereocenters. The van der Waals surface area contributed by atoms with E-state index in [1.54, 1.807) is 30.3 Å². The van der Waals surface area contributed by atoms with Crippen molar-refractivity contribution in [3.63, 3.8) is 0 Å². The number of carbonyl (C=O) groups excluding carboxylic acids is 2. The molecule has 3 aromatic carbocycles. The first-order valence-corrected chi connectivity index (χ1v) is 13.3. The average molecular weight is 640 g/mol. The highest BCUT2D eigenvalue weighted by Crippen LogP contribution is 2.38. The first kappa shape index (κ1) is 25.9. The Bertz CT molecular complexity index is 1310. The van der Waals surface area contributed by atoms with Crippen molar-refractivity contribution in [3.05, 3.63) is 95.9 Å². The maximum atomic E-state index is 13.0. The Morgan fingerprint density at radius 1 is 0.971 bits per heavy atom. The number of benzene rings is 3. The van der Waals surface area contributed by atoms with E-state index >= 15 is 0 Å². The average Bonchev–Trinajstić information content (AvgIpc) is 3.08. The van der Waals surface area contributed by atoms with Crippen LogP contribution in [-0.2, 0) is 17.9 Å². The van der Waals surface area contributed by atoms with E-state index < -0.39 is 0 Å². The van der Waals surface area contributed by atoms with Gasteiger partial charge in [0.1, 0.15) is 6.61 Å². The van der Waals surface area contributed by atoms with Gasteiger partial charge in [-0.05, 0) is 82.7 Å². The predicted molar refractivity (Wildman–Crippen MR) is 149 cm³/mol. The van der Waals surface area contributed by atoms with Crippen molar-refractivity contribution in [3.8, 4) is 11.5 Å². The highest BCUT2D eigenvalue weighted by atomic mass is 127. The van der Waals surface area contributed by atoms with Crippen molar-refractivity contribution in [1.82, 2.24) is 4.90 Å². The van der Waals surface area contributed by atoms with Crippen LogP contribution in [0.4, 0.5) is 4.79 Å². The summed E-state index contributed by atoms with van der Waals surface area (Å²) in [5, 5.41) is 0.809. The number of rotatable bonds is 8. The fourth-order valence-corrected chi connectivity index (χ4v) is 5.43. The molecule has 2 amide bonds. The molecule has 0 N–H and O–H groups in total. The molecule has 180 valence electrons. The van der Waals surface area contributed by atoms with Crippen molar-refractivity contribution in [1.29, 1.82) is 0 Å². The minimum Gasteiger partial charge on any atom is -0.490 e. The number of thioether (sulfide) groups is 1. The molecule has 3 aromatic rings. The number of amides is 2. The smallest absolute Gasteiger partial charge is 0.293 e. The first-order valence-electron chi connectivity index (χ1n) is 10.7. The second-order valence-electron chi connectivity index (χ2n) is 7.50. The third-order valence-corrected chi connectivity index (χ3v) is 7.57. The molecule has 0 radical (unpaired) electrons. The van der Waals surface area contributed by atoms with Crippen LogP contribution in [0.3, 0.4) is 0 Å². The van der Waals surface area contributed by atoms with E-state index in [1.807, 2.05) is 43.3 Å². The molecule has 4 rings (SSSR count). The van der Waals surface area contributed by atoms with Gasteiger partial charge in [-0.15, -0.1) is 0 Å². The van der Waals surface area contributed by atoms with Crippen LogP contribution in [0.1, 0.15) is 23.6 Å². The van der Waals surface area contributed by atoms with Gasteiger partial charge in [0, 0.05) is 15.6 Å². The monoisotopic (exact) mass is 639 g/mol. The van der Waals surface area contributed by atoms with Crippen molar-refractivity contribution in [2.24, 2.45) is 0 Å². The largest absolute Gasteiger partial charge is 0.490 e. The van der Waals surface area contributed by atoms with Crippen LogP contribution < -0.4 is 9.47 Å². The molecule has 1 aliphatic heterocycles. The second-order valence-corrected chi connectivity index (χ2v) is 10.5. The van der Waals surface area contributed by atoms with Gasteiger partial charge in [0.05, 0.1) is 21.6 Å². The van der Waals surface area contributed by atoms with E-state index in [-0.39, 0.29) is 24.3 Å². The predicted octanol–water partition coefficient (Wildman–Crippen LogP) is 7.81. The van der Waals surface area contributed by atoms with Crippen LogP contribution in [0.25, 0.3) is 6.08 Å². The number of hydrogen-bond acceptors (Lipinski definition) is 5. The van der Waals surface area contributed by atoms with E-state index in [9.17, 15) is 9.59 Å². The van der Waals surface area contributed by atoms with Gasteiger partial charge in [0.15, 0.2) is 11.5 Å². The summed E-state index contributed by atoms with van der Waals surface area (Å²) in [7, 11) is 0. The molecule has 5 nitrogen and oxygen atoms in total. The van der Waals surface area contributed by atoms with Gasteiger partial charge >= 0.3 is 0 Å². The molecular weight excluding hydrogens is 620 g/mol. The Balaban J connectivity index is 1.57. The molecule has 1 heterocycles. The summed E-state index contributed by atoms with van der Waals surface area (Å²) >= 11 is 15.5. The fraction of sp³-hybridized carbons (Fsp3) is 0.154. The highest BCUT2D eigenvalue weighted by molar-refractivity contribution is 14.1. The molecule has 0 saturated carbocycles. The number of halogens is 3. The zero-order valence-electron chi connectivity index (χ0n) is 18.6. The maximum Gasteiger partial charge on any atom is 0.293 e. The number of imide groups is 1. The zero-order valence-corrected chi connectivity index (χ0v) is 23.1. The van der Waals surface area contributed by atoms with Gasteiger partial charge in [-0.3, -0.25) is 14.5 Å². The molecule has 0 atom stereocenters.